The fourth-order valence-corrected chi connectivity index (χ4v) is 9.19. The molecule has 2 aromatic carbocycles. The summed E-state index contributed by atoms with van der Waals surface area (Å²) in [4.78, 5) is 166. The van der Waals surface area contributed by atoms with E-state index in [2.05, 4.69) is 52.8 Å². The first-order valence-electron chi connectivity index (χ1n) is 30.0. The van der Waals surface area contributed by atoms with Crippen LogP contribution in [0, 0.1) is 23.7 Å². The van der Waals surface area contributed by atoms with E-state index in [0.717, 1.165) is 0 Å². The molecule has 0 fully saturated rings. The first-order valence-corrected chi connectivity index (χ1v) is 30.0. The van der Waals surface area contributed by atoms with E-state index >= 15 is 0 Å². The molecule has 2 rings (SSSR count). The number of carbonyl (C=O) groups excluding carboxylic acids is 11. The average molecular weight is 1270 g/mol. The zero-order valence-corrected chi connectivity index (χ0v) is 52.6. The highest BCUT2D eigenvalue weighted by molar-refractivity contribution is 5.98. The van der Waals surface area contributed by atoms with Crippen molar-refractivity contribution in [1.82, 2.24) is 47.9 Å². The molecule has 0 bridgehead atoms. The van der Waals surface area contributed by atoms with Crippen LogP contribution in [-0.4, -0.2) is 160 Å². The summed E-state index contributed by atoms with van der Waals surface area (Å²) in [5, 5.41) is 52.5. The third kappa shape index (κ3) is 30.7. The normalized spacial score (nSPS) is 14.2. The van der Waals surface area contributed by atoms with Gasteiger partial charge in [0.25, 0.3) is 0 Å². The Morgan fingerprint density at radius 2 is 0.756 bits per heavy atom. The molecule has 30 nitrogen and oxygen atoms in total. The van der Waals surface area contributed by atoms with Crippen molar-refractivity contribution in [3.63, 3.8) is 0 Å². The fraction of sp³-hybridized carbons (Fsp3) is 0.583. The van der Waals surface area contributed by atoms with Crippen LogP contribution >= 0.6 is 0 Å². The van der Waals surface area contributed by atoms with Crippen LogP contribution in [0.25, 0.3) is 0 Å². The Labute approximate surface area is 524 Å². The van der Waals surface area contributed by atoms with Crippen LogP contribution < -0.4 is 76.5 Å². The second-order valence-electron chi connectivity index (χ2n) is 23.9. The number of hydrogen-bond acceptors (Lipinski definition) is 16. The van der Waals surface area contributed by atoms with E-state index in [0.29, 0.717) is 11.1 Å². The lowest BCUT2D eigenvalue weighted by Crippen LogP contribution is -2.60. The molecule has 500 valence electrons. The zero-order chi connectivity index (χ0) is 67.9. The van der Waals surface area contributed by atoms with E-state index < -0.39 is 158 Å². The Kier molecular flexibility index (Phi) is 33.4. The molecule has 0 saturated heterocycles. The maximum Gasteiger partial charge on any atom is 0.326 e. The molecule has 0 heterocycles. The standard InChI is InChI=1S/C60H95N15O15/c1-31(2)24-43(72-51(81)39(61)28-35-11-15-37(76)16-12-35)52(82)67-30-50(80)68-47(29-36-13-17-38(77)18-14-36)58(88)75-44(25-32(3)4)55(85)70-40(19-21-48(62)78)53(83)69-41(20-22-49(63)79)54(84)73-46(27-34(7)8)57(87)74-45(26-33(5)6)56(86)71-42(59(89)90)10-9-23-66-60(64)65/h11-18,31-34,39-47,76-77H,9-10,19-30,61H2,1-8H3,(H2,62,78)(H2,63,79)(H,67,82)(H,68,80)(H,69,83)(H,70,85)(H,71,86)(H,72,81)(H,73,84)(H,74,87)(H,75,88)(H,89,90)(H4,64,65,66)/t39-,40-,41-,42-,43-,44-,45-,46-,47-/m0/s1. The highest BCUT2D eigenvalue weighted by Crippen LogP contribution is 2.16. The number of carbonyl (C=O) groups is 12. The van der Waals surface area contributed by atoms with Gasteiger partial charge in [0.15, 0.2) is 5.96 Å². The smallest absolute Gasteiger partial charge is 0.326 e. The second-order valence-corrected chi connectivity index (χ2v) is 23.9. The van der Waals surface area contributed by atoms with E-state index in [9.17, 15) is 72.9 Å². The Morgan fingerprint density at radius 1 is 0.422 bits per heavy atom. The number of phenols is 2. The van der Waals surface area contributed by atoms with Crippen molar-refractivity contribution in [3.8, 4) is 11.5 Å². The lowest BCUT2D eigenvalue weighted by molar-refractivity contribution is -0.142. The number of phenolic OH excluding ortho intramolecular Hbond substituents is 2. The first-order chi connectivity index (χ1) is 42.1. The third-order valence-electron chi connectivity index (χ3n) is 13.7. The number of hydrogen-bond donors (Lipinski definition) is 17. The minimum atomic E-state index is -1.65. The van der Waals surface area contributed by atoms with Gasteiger partial charge in [-0.05, 0) is 117 Å². The lowest BCUT2D eigenvalue weighted by atomic mass is 9.99. The van der Waals surface area contributed by atoms with Crippen LogP contribution in [0.1, 0.15) is 131 Å². The molecule has 0 spiro atoms. The van der Waals surface area contributed by atoms with Crippen molar-refractivity contribution >= 4 is 76.9 Å². The highest BCUT2D eigenvalue weighted by atomic mass is 16.4. The molecule has 9 atom stereocenters. The molecule has 0 aromatic heterocycles. The van der Waals surface area contributed by atoms with Crippen molar-refractivity contribution in [3.05, 3.63) is 59.7 Å². The number of aliphatic carboxylic acids is 1. The molecule has 0 radical (unpaired) electrons. The quantitative estimate of drug-likeness (QED) is 0.0196. The number of aliphatic imine (C=N–C) groups is 1. The highest BCUT2D eigenvalue weighted by Gasteiger charge is 2.36. The SMILES string of the molecule is CC(C)C[C@H](NC(=O)[C@H](CC(C)C)NC(=O)[C@H](CCC(N)=O)NC(=O)[C@H](CCC(N)=O)NC(=O)[C@H](CC(C)C)NC(=O)[C@H](Cc1ccc(O)cc1)NC(=O)CNC(=O)[C@H](CC(C)C)NC(=O)[C@@H](N)Cc1ccc(O)cc1)C(=O)N[C@@H](CCCN=C(N)N)C(=O)O. The van der Waals surface area contributed by atoms with E-state index in [1.54, 1.807) is 53.7 Å². The Morgan fingerprint density at radius 3 is 1.12 bits per heavy atom. The number of guanidine groups is 1. The van der Waals surface area contributed by atoms with Crippen LogP contribution in [0.3, 0.4) is 0 Å². The minimum absolute atomic E-state index is 0.0240. The van der Waals surface area contributed by atoms with Crippen molar-refractivity contribution in [2.24, 2.45) is 57.3 Å². The fourth-order valence-electron chi connectivity index (χ4n) is 9.19. The summed E-state index contributed by atoms with van der Waals surface area (Å²) in [5.74, 6) is -12.2. The van der Waals surface area contributed by atoms with Crippen LogP contribution in [0.2, 0.25) is 0 Å². The molecule has 2 aromatic rings. The number of carboxylic acids is 1. The Bertz CT molecular complexity index is 2780. The number of carboxylic acid groups (broad SMARTS) is 1. The molecule has 22 N–H and O–H groups in total. The van der Waals surface area contributed by atoms with Gasteiger partial charge in [-0.1, -0.05) is 79.7 Å². The Hall–Kier alpha value is -9.09. The summed E-state index contributed by atoms with van der Waals surface area (Å²) >= 11 is 0. The molecule has 0 saturated carbocycles. The minimum Gasteiger partial charge on any atom is -0.508 e. The van der Waals surface area contributed by atoms with Crippen LogP contribution in [0.5, 0.6) is 11.5 Å². The third-order valence-corrected chi connectivity index (χ3v) is 13.7. The number of nitrogens with two attached hydrogens (primary N) is 5. The van der Waals surface area contributed by atoms with Gasteiger partial charge in [-0.15, -0.1) is 0 Å². The number of primary amides is 2. The summed E-state index contributed by atoms with van der Waals surface area (Å²) < 4.78 is 0. The van der Waals surface area contributed by atoms with E-state index in [-0.39, 0.29) is 99.0 Å². The molecule has 30 heteroatoms. The Balaban J connectivity index is 2.43. The first kappa shape index (κ1) is 77.0. The monoisotopic (exact) mass is 1270 g/mol. The van der Waals surface area contributed by atoms with Crippen molar-refractivity contribution in [2.45, 2.75) is 187 Å². The number of benzene rings is 2. The van der Waals surface area contributed by atoms with Gasteiger partial charge in [0, 0.05) is 25.8 Å². The molecule has 0 unspecified atom stereocenters. The van der Waals surface area contributed by atoms with E-state index in [1.807, 2.05) is 13.8 Å². The van der Waals surface area contributed by atoms with Gasteiger partial charge in [0.05, 0.1) is 12.6 Å². The number of amides is 11. The van der Waals surface area contributed by atoms with Gasteiger partial charge in [0.1, 0.15) is 59.8 Å². The van der Waals surface area contributed by atoms with Crippen LogP contribution in [0.15, 0.2) is 53.5 Å². The van der Waals surface area contributed by atoms with Crippen molar-refractivity contribution in [1.29, 1.82) is 0 Å². The zero-order valence-electron chi connectivity index (χ0n) is 52.6. The number of rotatable bonds is 41. The van der Waals surface area contributed by atoms with E-state index in [4.69, 9.17) is 28.7 Å². The molecular weight excluding hydrogens is 1170 g/mol. The van der Waals surface area contributed by atoms with Gasteiger partial charge in [0.2, 0.25) is 65.0 Å². The molecule has 11 amide bonds. The summed E-state index contributed by atoms with van der Waals surface area (Å²) in [6, 6.07) is -0.699. The number of aromatic hydroxyl groups is 2. The summed E-state index contributed by atoms with van der Waals surface area (Å²) in [6.07, 6.45) is -1.73. The predicted octanol–water partition coefficient (Wildman–Crippen LogP) is -1.94. The molecular formula is C60H95N15O15. The lowest BCUT2D eigenvalue weighted by Gasteiger charge is -2.29. The molecule has 0 aliphatic heterocycles. The van der Waals surface area contributed by atoms with Gasteiger partial charge in [-0.2, -0.15) is 0 Å². The largest absolute Gasteiger partial charge is 0.508 e. The van der Waals surface area contributed by atoms with E-state index in [1.165, 1.54) is 36.4 Å². The number of nitrogens with one attached hydrogen (secondary N) is 9. The van der Waals surface area contributed by atoms with Gasteiger partial charge < -0.3 is 91.8 Å². The average Bonchev–Trinajstić information content (AvgIpc) is 1.23. The van der Waals surface area contributed by atoms with Gasteiger partial charge >= 0.3 is 5.97 Å². The maximum atomic E-state index is 14.4. The van der Waals surface area contributed by atoms with Gasteiger partial charge in [-0.3, -0.25) is 57.7 Å². The van der Waals surface area contributed by atoms with Gasteiger partial charge in [-0.25, -0.2) is 4.79 Å². The van der Waals surface area contributed by atoms with Crippen LogP contribution in [0.4, 0.5) is 0 Å². The summed E-state index contributed by atoms with van der Waals surface area (Å²) in [6.45, 7) is 13.5. The molecule has 90 heavy (non-hydrogen) atoms. The van der Waals surface area contributed by atoms with Crippen molar-refractivity contribution < 1.29 is 72.9 Å². The number of nitrogens with zero attached hydrogens (tertiary/aromatic N) is 1. The maximum absolute atomic E-state index is 14.4. The van der Waals surface area contributed by atoms with Crippen LogP contribution in [-0.2, 0) is 70.4 Å². The molecule has 0 aliphatic rings. The summed E-state index contributed by atoms with van der Waals surface area (Å²) in [7, 11) is 0. The topological polar surface area (TPSA) is 516 Å². The summed E-state index contributed by atoms with van der Waals surface area (Å²) in [5.41, 5.74) is 28.9. The second kappa shape index (κ2) is 39.0. The molecule has 0 aliphatic carbocycles. The predicted molar refractivity (Wildman–Crippen MR) is 332 cm³/mol. The van der Waals surface area contributed by atoms with Crippen molar-refractivity contribution in [2.75, 3.05) is 13.1 Å².